The monoisotopic (exact) mass is 438 g/mol. The van der Waals surface area contributed by atoms with Crippen LogP contribution in [-0.2, 0) is 5.54 Å². The van der Waals surface area contributed by atoms with Crippen molar-refractivity contribution >= 4 is 54.4 Å². The van der Waals surface area contributed by atoms with Crippen molar-refractivity contribution in [1.29, 1.82) is 0 Å². The highest BCUT2D eigenvalue weighted by Crippen LogP contribution is 2.43. The minimum absolute atomic E-state index is 0.0618. The normalized spacial score (nSPS) is 12.6. The molecule has 0 spiro atoms. The lowest BCUT2D eigenvalue weighted by Crippen LogP contribution is -2.21. The predicted octanol–water partition coefficient (Wildman–Crippen LogP) is 8.80. The molecule has 0 saturated carbocycles. The van der Waals surface area contributed by atoms with Crippen LogP contribution < -0.4 is 0 Å². The summed E-state index contributed by atoms with van der Waals surface area (Å²) in [4.78, 5) is 0. The van der Waals surface area contributed by atoms with Gasteiger partial charge in [0, 0.05) is 38.3 Å². The summed E-state index contributed by atoms with van der Waals surface area (Å²) in [5, 5.41) is 7.80. The van der Waals surface area contributed by atoms with E-state index >= 15 is 0 Å². The van der Waals surface area contributed by atoms with Crippen molar-refractivity contribution in [2.24, 2.45) is 0 Å². The van der Waals surface area contributed by atoms with Gasteiger partial charge in [-0.2, -0.15) is 0 Å². The molecule has 0 atom stereocenters. The average molecular weight is 439 g/mol. The number of benzene rings is 5. The van der Waals surface area contributed by atoms with Gasteiger partial charge >= 0.3 is 0 Å². The van der Waals surface area contributed by atoms with E-state index < -0.39 is 0 Å². The van der Waals surface area contributed by atoms with Crippen molar-refractivity contribution < 1.29 is 0 Å². The molecule has 0 saturated heterocycles. The SMILES string of the molecule is CC(C)(C)n1c2ccccc2c2ccc3c(c4cc5ccccc5cc4n3-c3ccccc3)c21. The Morgan fingerprint density at radius 1 is 0.529 bits per heavy atom. The highest BCUT2D eigenvalue weighted by Gasteiger charge is 2.25. The average Bonchev–Trinajstić information content (AvgIpc) is 3.35. The Hall–Kier alpha value is -4.04. The molecule has 0 fully saturated rings. The van der Waals surface area contributed by atoms with Crippen LogP contribution in [0.4, 0.5) is 0 Å². The van der Waals surface area contributed by atoms with E-state index in [-0.39, 0.29) is 5.54 Å². The quantitative estimate of drug-likeness (QED) is 0.242. The molecular formula is C32H26N2. The molecule has 164 valence electrons. The van der Waals surface area contributed by atoms with E-state index in [1.54, 1.807) is 0 Å². The van der Waals surface area contributed by atoms with Crippen LogP contribution in [0.15, 0.2) is 103 Å². The van der Waals surface area contributed by atoms with E-state index in [9.17, 15) is 0 Å². The molecule has 2 aromatic heterocycles. The third-order valence-corrected chi connectivity index (χ3v) is 7.12. The van der Waals surface area contributed by atoms with Gasteiger partial charge in [0.25, 0.3) is 0 Å². The molecule has 0 radical (unpaired) electrons. The highest BCUT2D eigenvalue weighted by atomic mass is 15.1. The Labute approximate surface area is 198 Å². The number of fused-ring (bicyclic) bond motifs is 8. The van der Waals surface area contributed by atoms with Gasteiger partial charge in [-0.3, -0.25) is 0 Å². The van der Waals surface area contributed by atoms with E-state index in [0.29, 0.717) is 0 Å². The predicted molar refractivity (Wildman–Crippen MR) is 146 cm³/mol. The maximum Gasteiger partial charge on any atom is 0.0598 e. The van der Waals surface area contributed by atoms with Gasteiger partial charge in [0.05, 0.1) is 16.6 Å². The van der Waals surface area contributed by atoms with Crippen molar-refractivity contribution in [2.75, 3.05) is 0 Å². The molecule has 7 aromatic rings. The summed E-state index contributed by atoms with van der Waals surface area (Å²) in [6.45, 7) is 6.93. The van der Waals surface area contributed by atoms with Gasteiger partial charge in [-0.25, -0.2) is 0 Å². The lowest BCUT2D eigenvalue weighted by atomic mass is 10.0. The van der Waals surface area contributed by atoms with Gasteiger partial charge in [-0.05, 0) is 67.9 Å². The maximum absolute atomic E-state index is 2.55. The molecule has 0 aliphatic rings. The first kappa shape index (κ1) is 19.4. The van der Waals surface area contributed by atoms with Crippen molar-refractivity contribution in [3.05, 3.63) is 103 Å². The Morgan fingerprint density at radius 2 is 1.21 bits per heavy atom. The van der Waals surface area contributed by atoms with Gasteiger partial charge in [-0.15, -0.1) is 0 Å². The molecule has 0 unspecified atom stereocenters. The summed E-state index contributed by atoms with van der Waals surface area (Å²) < 4.78 is 4.98. The first-order valence-corrected chi connectivity index (χ1v) is 12.0. The van der Waals surface area contributed by atoms with Gasteiger partial charge in [0.15, 0.2) is 0 Å². The van der Waals surface area contributed by atoms with Gasteiger partial charge in [-0.1, -0.05) is 66.7 Å². The molecule has 0 amide bonds. The van der Waals surface area contributed by atoms with Gasteiger partial charge in [0.2, 0.25) is 0 Å². The first-order chi connectivity index (χ1) is 16.5. The van der Waals surface area contributed by atoms with Crippen molar-refractivity contribution in [2.45, 2.75) is 26.3 Å². The van der Waals surface area contributed by atoms with Crippen LogP contribution in [-0.4, -0.2) is 9.13 Å². The lowest BCUT2D eigenvalue weighted by Gasteiger charge is -2.24. The Morgan fingerprint density at radius 3 is 1.97 bits per heavy atom. The molecule has 2 heteroatoms. The molecule has 0 N–H and O–H groups in total. The van der Waals surface area contributed by atoms with E-state index in [0.717, 1.165) is 0 Å². The first-order valence-electron chi connectivity index (χ1n) is 12.0. The number of hydrogen-bond acceptors (Lipinski definition) is 0. The highest BCUT2D eigenvalue weighted by molar-refractivity contribution is 6.26. The molecule has 7 rings (SSSR count). The largest absolute Gasteiger partial charge is 0.335 e. The number of aromatic nitrogens is 2. The fourth-order valence-electron chi connectivity index (χ4n) is 5.79. The van der Waals surface area contributed by atoms with Crippen LogP contribution in [0.2, 0.25) is 0 Å². The van der Waals surface area contributed by atoms with Crippen LogP contribution in [0.5, 0.6) is 0 Å². The van der Waals surface area contributed by atoms with Crippen LogP contribution in [0.1, 0.15) is 20.8 Å². The van der Waals surface area contributed by atoms with E-state index in [1.165, 1.54) is 60.1 Å². The Bertz CT molecular complexity index is 1880. The van der Waals surface area contributed by atoms with E-state index in [4.69, 9.17) is 0 Å². The maximum atomic E-state index is 2.55. The van der Waals surface area contributed by atoms with Crippen molar-refractivity contribution in [3.8, 4) is 5.69 Å². The second-order valence-electron chi connectivity index (χ2n) is 10.3. The van der Waals surface area contributed by atoms with Crippen molar-refractivity contribution in [3.63, 3.8) is 0 Å². The molecular weight excluding hydrogens is 412 g/mol. The summed E-state index contributed by atoms with van der Waals surface area (Å²) in [6, 6.07) is 37.6. The lowest BCUT2D eigenvalue weighted by molar-refractivity contribution is 0.424. The molecule has 0 aliphatic heterocycles. The smallest absolute Gasteiger partial charge is 0.0598 e. The zero-order valence-electron chi connectivity index (χ0n) is 19.7. The second-order valence-corrected chi connectivity index (χ2v) is 10.3. The fourth-order valence-corrected chi connectivity index (χ4v) is 5.79. The van der Waals surface area contributed by atoms with Crippen LogP contribution in [0.25, 0.3) is 60.1 Å². The molecule has 0 bridgehead atoms. The fraction of sp³-hybridized carbons (Fsp3) is 0.125. The minimum atomic E-state index is -0.0618. The van der Waals surface area contributed by atoms with E-state index in [2.05, 4.69) is 133 Å². The molecule has 2 nitrogen and oxygen atoms in total. The van der Waals surface area contributed by atoms with Crippen LogP contribution in [0, 0.1) is 0 Å². The number of para-hydroxylation sites is 2. The Kier molecular flexibility index (Phi) is 3.85. The summed E-state index contributed by atoms with van der Waals surface area (Å²) in [5.41, 5.74) is 6.24. The zero-order valence-corrected chi connectivity index (χ0v) is 19.7. The van der Waals surface area contributed by atoms with Crippen molar-refractivity contribution in [1.82, 2.24) is 9.13 Å². The number of rotatable bonds is 1. The number of nitrogens with zero attached hydrogens (tertiary/aromatic N) is 2. The van der Waals surface area contributed by atoms with E-state index in [1.807, 2.05) is 0 Å². The summed E-state index contributed by atoms with van der Waals surface area (Å²) in [5.74, 6) is 0. The third-order valence-electron chi connectivity index (χ3n) is 7.12. The topological polar surface area (TPSA) is 9.86 Å². The van der Waals surface area contributed by atoms with Gasteiger partial charge < -0.3 is 9.13 Å². The molecule has 5 aromatic carbocycles. The summed E-state index contributed by atoms with van der Waals surface area (Å²) >= 11 is 0. The summed E-state index contributed by atoms with van der Waals surface area (Å²) in [6.07, 6.45) is 0. The third kappa shape index (κ3) is 2.57. The molecule has 2 heterocycles. The van der Waals surface area contributed by atoms with Crippen LogP contribution >= 0.6 is 0 Å². The number of hydrogen-bond donors (Lipinski definition) is 0. The zero-order chi connectivity index (χ0) is 23.0. The standard InChI is InChI=1S/C32H26N2/c1-32(2,3)34-27-16-10-9-15-24(27)25-17-18-28-30(31(25)34)26-19-21-11-7-8-12-22(21)20-29(26)33(28)23-13-5-4-6-14-23/h4-20H,1-3H3. The van der Waals surface area contributed by atoms with Gasteiger partial charge in [0.1, 0.15) is 0 Å². The molecule has 0 aliphatic carbocycles. The Balaban J connectivity index is 1.81. The minimum Gasteiger partial charge on any atom is -0.335 e. The van der Waals surface area contributed by atoms with Crippen LogP contribution in [0.3, 0.4) is 0 Å². The summed E-state index contributed by atoms with van der Waals surface area (Å²) in [7, 11) is 0. The second kappa shape index (κ2) is 6.74. The molecule has 34 heavy (non-hydrogen) atoms.